The first kappa shape index (κ1) is 15.1. The molecule has 3 nitrogen and oxygen atoms in total. The standard InChI is InChI=1S/C20H18O3/c1-23-16-9-4-6-14(12-16)13-19(20(21)22)18-11-5-8-15-7-2-3-10-17(15)18/h2-12,19H,13H2,1H3,(H,21,22). The molecule has 0 radical (unpaired) electrons. The SMILES string of the molecule is COc1cccc(CC(C(=O)O)c2cccc3ccccc23)c1. The highest BCUT2D eigenvalue weighted by Gasteiger charge is 2.22. The number of rotatable bonds is 5. The molecule has 1 atom stereocenters. The monoisotopic (exact) mass is 306 g/mol. The van der Waals surface area contributed by atoms with Crippen molar-refractivity contribution in [1.82, 2.24) is 0 Å². The number of methoxy groups -OCH3 is 1. The summed E-state index contributed by atoms with van der Waals surface area (Å²) in [5.74, 6) is -0.665. The summed E-state index contributed by atoms with van der Waals surface area (Å²) in [6.07, 6.45) is 0.431. The third-order valence-electron chi connectivity index (χ3n) is 4.07. The van der Waals surface area contributed by atoms with Crippen LogP contribution in [0.15, 0.2) is 66.7 Å². The normalized spacial score (nSPS) is 12.0. The van der Waals surface area contributed by atoms with E-state index in [9.17, 15) is 9.90 Å². The number of fused-ring (bicyclic) bond motifs is 1. The van der Waals surface area contributed by atoms with E-state index in [4.69, 9.17) is 4.74 Å². The van der Waals surface area contributed by atoms with Crippen LogP contribution < -0.4 is 4.74 Å². The van der Waals surface area contributed by atoms with Gasteiger partial charge in [0, 0.05) is 0 Å². The Morgan fingerprint density at radius 3 is 2.57 bits per heavy atom. The van der Waals surface area contributed by atoms with Crippen LogP contribution in [0.4, 0.5) is 0 Å². The van der Waals surface area contributed by atoms with Gasteiger partial charge in [-0.2, -0.15) is 0 Å². The van der Waals surface area contributed by atoms with Gasteiger partial charge < -0.3 is 9.84 Å². The topological polar surface area (TPSA) is 46.5 Å². The minimum Gasteiger partial charge on any atom is -0.497 e. The zero-order valence-corrected chi connectivity index (χ0v) is 12.9. The van der Waals surface area contributed by atoms with Gasteiger partial charge in [0.25, 0.3) is 0 Å². The molecule has 0 aromatic heterocycles. The predicted molar refractivity (Wildman–Crippen MR) is 91.0 cm³/mol. The minimum atomic E-state index is -0.816. The van der Waals surface area contributed by atoms with E-state index in [1.165, 1.54) is 0 Å². The van der Waals surface area contributed by atoms with Gasteiger partial charge in [0.1, 0.15) is 5.75 Å². The van der Waals surface area contributed by atoms with E-state index < -0.39 is 11.9 Å². The molecule has 0 heterocycles. The molecule has 3 aromatic rings. The maximum absolute atomic E-state index is 11.9. The molecule has 3 aromatic carbocycles. The Balaban J connectivity index is 2.02. The second-order valence-electron chi connectivity index (χ2n) is 5.51. The van der Waals surface area contributed by atoms with Gasteiger partial charge in [-0.05, 0) is 40.5 Å². The summed E-state index contributed by atoms with van der Waals surface area (Å²) < 4.78 is 5.23. The molecule has 0 aliphatic carbocycles. The van der Waals surface area contributed by atoms with Crippen molar-refractivity contribution in [2.45, 2.75) is 12.3 Å². The first-order valence-electron chi connectivity index (χ1n) is 7.52. The van der Waals surface area contributed by atoms with E-state index in [-0.39, 0.29) is 0 Å². The number of ether oxygens (including phenoxy) is 1. The summed E-state index contributed by atoms with van der Waals surface area (Å²) >= 11 is 0. The lowest BCUT2D eigenvalue weighted by Gasteiger charge is -2.16. The Labute approximate surface area is 135 Å². The van der Waals surface area contributed by atoms with Crippen molar-refractivity contribution >= 4 is 16.7 Å². The summed E-state index contributed by atoms with van der Waals surface area (Å²) in [6, 6.07) is 21.3. The number of hydrogen-bond acceptors (Lipinski definition) is 2. The fourth-order valence-electron chi connectivity index (χ4n) is 2.92. The van der Waals surface area contributed by atoms with Crippen LogP contribution in [0.3, 0.4) is 0 Å². The lowest BCUT2D eigenvalue weighted by molar-refractivity contribution is -0.138. The zero-order valence-electron chi connectivity index (χ0n) is 12.9. The van der Waals surface area contributed by atoms with Crippen LogP contribution in [0.1, 0.15) is 17.0 Å². The summed E-state index contributed by atoms with van der Waals surface area (Å²) in [5, 5.41) is 11.8. The molecule has 0 amide bonds. The van der Waals surface area contributed by atoms with Crippen molar-refractivity contribution in [2.24, 2.45) is 0 Å². The van der Waals surface area contributed by atoms with E-state index >= 15 is 0 Å². The van der Waals surface area contributed by atoms with Crippen molar-refractivity contribution in [1.29, 1.82) is 0 Å². The van der Waals surface area contributed by atoms with Gasteiger partial charge in [0.15, 0.2) is 0 Å². The molecule has 0 aliphatic rings. The largest absolute Gasteiger partial charge is 0.497 e. The van der Waals surface area contributed by atoms with E-state index in [0.717, 1.165) is 27.6 Å². The van der Waals surface area contributed by atoms with Gasteiger partial charge in [-0.1, -0.05) is 54.6 Å². The van der Waals surface area contributed by atoms with Crippen molar-refractivity contribution in [3.05, 3.63) is 77.9 Å². The first-order chi connectivity index (χ1) is 11.2. The Hall–Kier alpha value is -2.81. The summed E-state index contributed by atoms with van der Waals surface area (Å²) in [4.78, 5) is 11.9. The summed E-state index contributed by atoms with van der Waals surface area (Å²) in [7, 11) is 1.61. The van der Waals surface area contributed by atoms with Gasteiger partial charge in [-0.25, -0.2) is 0 Å². The molecule has 0 spiro atoms. The number of carbonyl (C=O) groups is 1. The van der Waals surface area contributed by atoms with Crippen LogP contribution in [0.2, 0.25) is 0 Å². The molecular formula is C20H18O3. The number of hydrogen-bond donors (Lipinski definition) is 1. The van der Waals surface area contributed by atoms with Gasteiger partial charge in [-0.15, -0.1) is 0 Å². The fourth-order valence-corrected chi connectivity index (χ4v) is 2.92. The average molecular weight is 306 g/mol. The Morgan fingerprint density at radius 2 is 1.78 bits per heavy atom. The third kappa shape index (κ3) is 3.19. The second kappa shape index (κ2) is 6.53. The molecule has 3 rings (SSSR count). The lowest BCUT2D eigenvalue weighted by atomic mass is 9.88. The quantitative estimate of drug-likeness (QED) is 0.766. The molecule has 0 aliphatic heterocycles. The highest BCUT2D eigenvalue weighted by atomic mass is 16.5. The van der Waals surface area contributed by atoms with Gasteiger partial charge >= 0.3 is 5.97 Å². The maximum Gasteiger partial charge on any atom is 0.311 e. The van der Waals surface area contributed by atoms with Crippen LogP contribution in [0.25, 0.3) is 10.8 Å². The molecule has 116 valence electrons. The zero-order chi connectivity index (χ0) is 16.2. The molecule has 1 N–H and O–H groups in total. The first-order valence-corrected chi connectivity index (χ1v) is 7.52. The van der Waals surface area contributed by atoms with Gasteiger partial charge in [-0.3, -0.25) is 4.79 Å². The van der Waals surface area contributed by atoms with E-state index in [1.54, 1.807) is 7.11 Å². The van der Waals surface area contributed by atoms with E-state index in [0.29, 0.717) is 6.42 Å². The van der Waals surface area contributed by atoms with Crippen molar-refractivity contribution in [2.75, 3.05) is 7.11 Å². The molecule has 0 saturated carbocycles. The molecule has 3 heteroatoms. The molecule has 23 heavy (non-hydrogen) atoms. The van der Waals surface area contributed by atoms with Crippen molar-refractivity contribution in [3.8, 4) is 5.75 Å². The van der Waals surface area contributed by atoms with Crippen molar-refractivity contribution in [3.63, 3.8) is 0 Å². The molecule has 0 saturated heterocycles. The number of benzene rings is 3. The average Bonchev–Trinajstić information content (AvgIpc) is 2.59. The van der Waals surface area contributed by atoms with E-state index in [2.05, 4.69) is 0 Å². The fraction of sp³-hybridized carbons (Fsp3) is 0.150. The van der Waals surface area contributed by atoms with E-state index in [1.807, 2.05) is 66.7 Å². The summed E-state index contributed by atoms with van der Waals surface area (Å²) in [5.41, 5.74) is 1.79. The molecule has 1 unspecified atom stereocenters. The molecule has 0 fully saturated rings. The van der Waals surface area contributed by atoms with Crippen LogP contribution in [-0.2, 0) is 11.2 Å². The third-order valence-corrected chi connectivity index (χ3v) is 4.07. The van der Waals surface area contributed by atoms with Crippen LogP contribution in [0.5, 0.6) is 5.75 Å². The highest BCUT2D eigenvalue weighted by Crippen LogP contribution is 2.29. The summed E-state index contributed by atoms with van der Waals surface area (Å²) in [6.45, 7) is 0. The number of carboxylic acids is 1. The van der Waals surface area contributed by atoms with Gasteiger partial charge in [0.05, 0.1) is 13.0 Å². The Kier molecular flexibility index (Phi) is 4.29. The Morgan fingerprint density at radius 1 is 1.04 bits per heavy atom. The van der Waals surface area contributed by atoms with Crippen LogP contribution in [0, 0.1) is 0 Å². The van der Waals surface area contributed by atoms with Crippen molar-refractivity contribution < 1.29 is 14.6 Å². The minimum absolute atomic E-state index is 0.431. The van der Waals surface area contributed by atoms with Gasteiger partial charge in [0.2, 0.25) is 0 Å². The predicted octanol–water partition coefficient (Wildman–Crippen LogP) is 4.26. The number of carboxylic acid groups (broad SMARTS) is 1. The second-order valence-corrected chi connectivity index (χ2v) is 5.51. The number of aliphatic carboxylic acids is 1. The molecule has 0 bridgehead atoms. The maximum atomic E-state index is 11.9. The lowest BCUT2D eigenvalue weighted by Crippen LogP contribution is -2.15. The molecular weight excluding hydrogens is 288 g/mol. The van der Waals surface area contributed by atoms with Crippen LogP contribution in [-0.4, -0.2) is 18.2 Å². The smallest absolute Gasteiger partial charge is 0.311 e. The highest BCUT2D eigenvalue weighted by molar-refractivity contribution is 5.90. The van der Waals surface area contributed by atoms with Crippen LogP contribution >= 0.6 is 0 Å². The Bertz CT molecular complexity index is 834.